The van der Waals surface area contributed by atoms with Gasteiger partial charge in [0.1, 0.15) is 0 Å². The molecule has 0 spiro atoms. The molecular formula is C18H33N5. The van der Waals surface area contributed by atoms with Gasteiger partial charge in [0.25, 0.3) is 0 Å². The standard InChI is InChI=1S/C18H33N5/c1-19-18(20-11-14-23-12-7-8-13-23)21-15-17(22(2)3)16-9-5-4-6-10-16/h7-8,12-13,16-17H,4-6,9-11,14-15H2,1-3H3,(H2,19,20,21). The summed E-state index contributed by atoms with van der Waals surface area (Å²) in [6.45, 7) is 2.79. The van der Waals surface area contributed by atoms with Crippen molar-refractivity contribution in [1.82, 2.24) is 20.1 Å². The van der Waals surface area contributed by atoms with Gasteiger partial charge in [-0.3, -0.25) is 4.99 Å². The topological polar surface area (TPSA) is 44.6 Å². The van der Waals surface area contributed by atoms with E-state index in [4.69, 9.17) is 0 Å². The van der Waals surface area contributed by atoms with E-state index in [9.17, 15) is 0 Å². The van der Waals surface area contributed by atoms with Gasteiger partial charge in [-0.15, -0.1) is 0 Å². The zero-order chi connectivity index (χ0) is 16.5. The van der Waals surface area contributed by atoms with Crippen LogP contribution in [0.2, 0.25) is 0 Å². The molecule has 0 radical (unpaired) electrons. The molecule has 5 heteroatoms. The second kappa shape index (κ2) is 9.60. The molecule has 0 saturated heterocycles. The molecule has 2 rings (SSSR count). The highest BCUT2D eigenvalue weighted by atomic mass is 15.2. The van der Waals surface area contributed by atoms with E-state index in [2.05, 4.69) is 63.7 Å². The van der Waals surface area contributed by atoms with E-state index in [-0.39, 0.29) is 0 Å². The summed E-state index contributed by atoms with van der Waals surface area (Å²) in [5.41, 5.74) is 0. The first-order valence-electron chi connectivity index (χ1n) is 8.92. The second-order valence-electron chi connectivity index (χ2n) is 6.73. The third-order valence-electron chi connectivity index (χ3n) is 4.89. The van der Waals surface area contributed by atoms with Gasteiger partial charge in [-0.05, 0) is 45.0 Å². The van der Waals surface area contributed by atoms with Crippen LogP contribution in [0.5, 0.6) is 0 Å². The maximum absolute atomic E-state index is 4.35. The summed E-state index contributed by atoms with van der Waals surface area (Å²) < 4.78 is 2.17. The summed E-state index contributed by atoms with van der Waals surface area (Å²) in [5, 5.41) is 6.92. The minimum Gasteiger partial charge on any atom is -0.355 e. The van der Waals surface area contributed by atoms with Crippen molar-refractivity contribution >= 4 is 5.96 Å². The Morgan fingerprint density at radius 1 is 1.17 bits per heavy atom. The van der Waals surface area contributed by atoms with Crippen molar-refractivity contribution in [2.75, 3.05) is 34.2 Å². The van der Waals surface area contributed by atoms with Gasteiger partial charge in [0.2, 0.25) is 0 Å². The molecule has 0 amide bonds. The Kier molecular flexibility index (Phi) is 7.46. The first kappa shape index (κ1) is 17.9. The minimum atomic E-state index is 0.582. The van der Waals surface area contributed by atoms with E-state index >= 15 is 0 Å². The van der Waals surface area contributed by atoms with Crippen LogP contribution in [0.15, 0.2) is 29.5 Å². The van der Waals surface area contributed by atoms with Crippen LogP contribution in [0.3, 0.4) is 0 Å². The van der Waals surface area contributed by atoms with Crippen LogP contribution in [0.1, 0.15) is 32.1 Å². The van der Waals surface area contributed by atoms with E-state index in [1.54, 1.807) is 0 Å². The van der Waals surface area contributed by atoms with E-state index in [0.717, 1.165) is 31.5 Å². The van der Waals surface area contributed by atoms with Gasteiger partial charge < -0.3 is 20.1 Å². The average Bonchev–Trinajstić information content (AvgIpc) is 3.07. The highest BCUT2D eigenvalue weighted by Gasteiger charge is 2.25. The predicted molar refractivity (Wildman–Crippen MR) is 97.8 cm³/mol. The Balaban J connectivity index is 1.75. The second-order valence-corrected chi connectivity index (χ2v) is 6.73. The first-order valence-corrected chi connectivity index (χ1v) is 8.92. The van der Waals surface area contributed by atoms with Crippen LogP contribution in [0.25, 0.3) is 0 Å². The zero-order valence-electron chi connectivity index (χ0n) is 15.0. The van der Waals surface area contributed by atoms with Crippen molar-refractivity contribution in [2.24, 2.45) is 10.9 Å². The Hall–Kier alpha value is -1.49. The van der Waals surface area contributed by atoms with Gasteiger partial charge in [-0.25, -0.2) is 0 Å². The number of hydrogen-bond donors (Lipinski definition) is 2. The van der Waals surface area contributed by atoms with Crippen LogP contribution >= 0.6 is 0 Å². The monoisotopic (exact) mass is 319 g/mol. The van der Waals surface area contributed by atoms with Crippen molar-refractivity contribution in [1.29, 1.82) is 0 Å². The molecular weight excluding hydrogens is 286 g/mol. The van der Waals surface area contributed by atoms with Crippen LogP contribution in [-0.2, 0) is 6.54 Å². The quantitative estimate of drug-likeness (QED) is 0.598. The SMILES string of the molecule is CN=C(NCCn1cccc1)NCC(C1CCCCC1)N(C)C. The fourth-order valence-electron chi connectivity index (χ4n) is 3.53. The summed E-state index contributed by atoms with van der Waals surface area (Å²) >= 11 is 0. The number of guanidine groups is 1. The maximum Gasteiger partial charge on any atom is 0.191 e. The zero-order valence-corrected chi connectivity index (χ0v) is 15.0. The van der Waals surface area contributed by atoms with Crippen LogP contribution in [-0.4, -0.2) is 55.7 Å². The summed E-state index contributed by atoms with van der Waals surface area (Å²) in [6, 6.07) is 4.69. The predicted octanol–water partition coefficient (Wildman–Crippen LogP) is 2.16. The van der Waals surface area contributed by atoms with Gasteiger partial charge in [0.05, 0.1) is 0 Å². The lowest BCUT2D eigenvalue weighted by Crippen LogP contribution is -2.48. The Morgan fingerprint density at radius 2 is 1.87 bits per heavy atom. The van der Waals surface area contributed by atoms with Gasteiger partial charge in [-0.1, -0.05) is 19.3 Å². The van der Waals surface area contributed by atoms with E-state index in [1.165, 1.54) is 32.1 Å². The van der Waals surface area contributed by atoms with Crippen molar-refractivity contribution in [3.63, 3.8) is 0 Å². The molecule has 0 aromatic carbocycles. The highest BCUT2D eigenvalue weighted by molar-refractivity contribution is 5.79. The lowest BCUT2D eigenvalue weighted by atomic mass is 9.83. The van der Waals surface area contributed by atoms with Crippen molar-refractivity contribution in [2.45, 2.75) is 44.7 Å². The van der Waals surface area contributed by atoms with Gasteiger partial charge in [0, 0.05) is 45.1 Å². The van der Waals surface area contributed by atoms with Crippen LogP contribution in [0.4, 0.5) is 0 Å². The maximum atomic E-state index is 4.35. The number of nitrogens with zero attached hydrogens (tertiary/aromatic N) is 3. The molecule has 1 saturated carbocycles. The van der Waals surface area contributed by atoms with Crippen molar-refractivity contribution in [3.05, 3.63) is 24.5 Å². The molecule has 2 N–H and O–H groups in total. The van der Waals surface area contributed by atoms with Crippen LogP contribution < -0.4 is 10.6 Å². The molecule has 1 aromatic heterocycles. The Bertz CT molecular complexity index is 446. The fraction of sp³-hybridized carbons (Fsp3) is 0.722. The molecule has 5 nitrogen and oxygen atoms in total. The summed E-state index contributed by atoms with van der Waals surface area (Å²) in [4.78, 5) is 6.72. The van der Waals surface area contributed by atoms with Gasteiger partial charge in [-0.2, -0.15) is 0 Å². The molecule has 1 atom stereocenters. The molecule has 0 bridgehead atoms. The van der Waals surface area contributed by atoms with Crippen molar-refractivity contribution < 1.29 is 0 Å². The molecule has 1 aromatic rings. The van der Waals surface area contributed by atoms with E-state index in [0.29, 0.717) is 6.04 Å². The summed E-state index contributed by atoms with van der Waals surface area (Å²) in [7, 11) is 6.24. The molecule has 1 heterocycles. The number of likely N-dealkylation sites (N-methyl/N-ethyl adjacent to an activating group) is 1. The number of aromatic nitrogens is 1. The lowest BCUT2D eigenvalue weighted by Gasteiger charge is -2.35. The highest BCUT2D eigenvalue weighted by Crippen LogP contribution is 2.27. The molecule has 0 aliphatic heterocycles. The normalized spacial score (nSPS) is 18.2. The third-order valence-corrected chi connectivity index (χ3v) is 4.89. The van der Waals surface area contributed by atoms with Crippen molar-refractivity contribution in [3.8, 4) is 0 Å². The largest absolute Gasteiger partial charge is 0.355 e. The molecule has 1 fully saturated rings. The molecule has 23 heavy (non-hydrogen) atoms. The number of hydrogen-bond acceptors (Lipinski definition) is 2. The molecule has 1 aliphatic carbocycles. The number of nitrogens with one attached hydrogen (secondary N) is 2. The Morgan fingerprint density at radius 3 is 2.48 bits per heavy atom. The van der Waals surface area contributed by atoms with E-state index in [1.807, 2.05) is 7.05 Å². The number of aliphatic imine (C=N–C) groups is 1. The van der Waals surface area contributed by atoms with Gasteiger partial charge >= 0.3 is 0 Å². The molecule has 130 valence electrons. The van der Waals surface area contributed by atoms with Gasteiger partial charge in [0.15, 0.2) is 5.96 Å². The minimum absolute atomic E-state index is 0.582. The number of rotatable bonds is 7. The van der Waals surface area contributed by atoms with E-state index < -0.39 is 0 Å². The first-order chi connectivity index (χ1) is 11.2. The fourth-order valence-corrected chi connectivity index (χ4v) is 3.53. The Labute approximate surface area is 141 Å². The van der Waals surface area contributed by atoms with Crippen LogP contribution in [0, 0.1) is 5.92 Å². The smallest absolute Gasteiger partial charge is 0.191 e. The molecule has 1 aliphatic rings. The summed E-state index contributed by atoms with van der Waals surface area (Å²) in [5.74, 6) is 1.71. The third kappa shape index (κ3) is 5.90. The summed E-state index contributed by atoms with van der Waals surface area (Å²) in [6.07, 6.45) is 11.1. The average molecular weight is 319 g/mol. The lowest BCUT2D eigenvalue weighted by molar-refractivity contribution is 0.171. The molecule has 1 unspecified atom stereocenters.